The average Bonchev–Trinajstić information content (AvgIpc) is 3.06. The zero-order valence-electron chi connectivity index (χ0n) is 12.1. The van der Waals surface area contributed by atoms with Crippen LogP contribution in [0.1, 0.15) is 31.2 Å². The van der Waals surface area contributed by atoms with E-state index in [1.165, 1.54) is 6.42 Å². The number of rotatable bonds is 2. The van der Waals surface area contributed by atoms with Crippen LogP contribution in [-0.2, 0) is 10.2 Å². The average molecular weight is 305 g/mol. The molecule has 1 saturated heterocycles. The van der Waals surface area contributed by atoms with E-state index in [1.54, 1.807) is 0 Å². The fourth-order valence-electron chi connectivity index (χ4n) is 4.31. The molecule has 1 aromatic rings. The van der Waals surface area contributed by atoms with Gasteiger partial charge in [0.2, 0.25) is 5.91 Å². The first-order valence-electron chi connectivity index (χ1n) is 7.91. The summed E-state index contributed by atoms with van der Waals surface area (Å²) in [4.78, 5) is 15.1. The molecule has 2 saturated carbocycles. The molecule has 112 valence electrons. The van der Waals surface area contributed by atoms with Gasteiger partial charge in [-0.1, -0.05) is 23.7 Å². The number of nitrogens with zero attached hydrogens (tertiary/aromatic N) is 1. The van der Waals surface area contributed by atoms with Crippen molar-refractivity contribution in [2.45, 2.75) is 37.1 Å². The van der Waals surface area contributed by atoms with E-state index < -0.39 is 0 Å². The maximum absolute atomic E-state index is 13.0. The third-order valence-electron chi connectivity index (χ3n) is 5.74. The van der Waals surface area contributed by atoms with Crippen molar-refractivity contribution in [1.29, 1.82) is 0 Å². The van der Waals surface area contributed by atoms with Crippen molar-refractivity contribution in [3.05, 3.63) is 34.9 Å². The number of carbonyl (C=O) groups is 1. The molecule has 3 fully saturated rings. The van der Waals surface area contributed by atoms with Crippen LogP contribution in [0.5, 0.6) is 0 Å². The van der Waals surface area contributed by atoms with Gasteiger partial charge in [0.15, 0.2) is 0 Å². The number of benzene rings is 1. The molecule has 1 aromatic carbocycles. The summed E-state index contributed by atoms with van der Waals surface area (Å²) in [6.45, 7) is 1.76. The summed E-state index contributed by atoms with van der Waals surface area (Å²) in [6, 6.07) is 8.09. The molecule has 2 aliphatic carbocycles. The van der Waals surface area contributed by atoms with Gasteiger partial charge in [-0.2, -0.15) is 0 Å². The quantitative estimate of drug-likeness (QED) is 0.913. The van der Waals surface area contributed by atoms with Gasteiger partial charge in [-0.05, 0) is 55.2 Å². The number of hydrogen-bond acceptors (Lipinski definition) is 2. The molecule has 1 amide bonds. The minimum atomic E-state index is -0.298. The van der Waals surface area contributed by atoms with Crippen LogP contribution < -0.4 is 5.73 Å². The van der Waals surface area contributed by atoms with Gasteiger partial charge in [0.05, 0.1) is 5.41 Å². The highest BCUT2D eigenvalue weighted by atomic mass is 35.5. The van der Waals surface area contributed by atoms with Crippen molar-refractivity contribution < 1.29 is 4.79 Å². The number of halogens is 1. The Hall–Kier alpha value is -1.06. The fourth-order valence-corrected chi connectivity index (χ4v) is 4.50. The van der Waals surface area contributed by atoms with Gasteiger partial charge in [0.1, 0.15) is 0 Å². The van der Waals surface area contributed by atoms with Gasteiger partial charge in [0, 0.05) is 24.2 Å². The Morgan fingerprint density at radius 3 is 2.76 bits per heavy atom. The minimum absolute atomic E-state index is 0.286. The Morgan fingerprint density at radius 1 is 1.29 bits per heavy atom. The Kier molecular flexibility index (Phi) is 3.05. The number of nitrogens with two attached hydrogens (primary N) is 1. The standard InChI is InChI=1S/C17H21ClN2O/c18-13-3-1-2-12(8-13)17(6-7-17)16(21)20-9-11-4-5-15(19)14(11)10-20/h1-3,8,11,14-15H,4-7,9-10,19H2. The van der Waals surface area contributed by atoms with Crippen molar-refractivity contribution >= 4 is 17.5 Å². The smallest absolute Gasteiger partial charge is 0.233 e. The Bertz CT molecular complexity index is 584. The van der Waals surface area contributed by atoms with Gasteiger partial charge >= 0.3 is 0 Å². The van der Waals surface area contributed by atoms with E-state index >= 15 is 0 Å². The molecule has 1 heterocycles. The van der Waals surface area contributed by atoms with Crippen LogP contribution in [0.25, 0.3) is 0 Å². The minimum Gasteiger partial charge on any atom is -0.341 e. The lowest BCUT2D eigenvalue weighted by Crippen LogP contribution is -2.39. The molecule has 4 heteroatoms. The summed E-state index contributed by atoms with van der Waals surface area (Å²) in [6.07, 6.45) is 4.20. The van der Waals surface area contributed by atoms with E-state index in [1.807, 2.05) is 24.3 Å². The van der Waals surface area contributed by atoms with Crippen LogP contribution in [-0.4, -0.2) is 29.9 Å². The summed E-state index contributed by atoms with van der Waals surface area (Å²) in [5.74, 6) is 1.44. The summed E-state index contributed by atoms with van der Waals surface area (Å²) in [7, 11) is 0. The highest BCUT2D eigenvalue weighted by Crippen LogP contribution is 2.51. The molecule has 3 nitrogen and oxygen atoms in total. The van der Waals surface area contributed by atoms with Crippen LogP contribution in [0, 0.1) is 11.8 Å². The number of likely N-dealkylation sites (tertiary alicyclic amines) is 1. The van der Waals surface area contributed by atoms with Crippen molar-refractivity contribution in [2.24, 2.45) is 17.6 Å². The van der Waals surface area contributed by atoms with E-state index in [0.29, 0.717) is 22.8 Å². The molecular formula is C17H21ClN2O. The number of carbonyl (C=O) groups excluding carboxylic acids is 1. The molecule has 0 spiro atoms. The Morgan fingerprint density at radius 2 is 2.10 bits per heavy atom. The van der Waals surface area contributed by atoms with E-state index in [0.717, 1.165) is 37.9 Å². The SMILES string of the molecule is NC1CCC2CN(C(=O)C3(c4cccc(Cl)c4)CC3)CC12. The van der Waals surface area contributed by atoms with Gasteiger partial charge < -0.3 is 10.6 Å². The van der Waals surface area contributed by atoms with E-state index in [-0.39, 0.29) is 11.5 Å². The summed E-state index contributed by atoms with van der Waals surface area (Å²) in [5, 5.41) is 0.715. The van der Waals surface area contributed by atoms with Crippen molar-refractivity contribution in [2.75, 3.05) is 13.1 Å². The van der Waals surface area contributed by atoms with Crippen LogP contribution in [0.4, 0.5) is 0 Å². The predicted octanol–water partition coefficient (Wildman–Crippen LogP) is 2.57. The maximum Gasteiger partial charge on any atom is 0.233 e. The Labute approximate surface area is 130 Å². The second-order valence-corrected chi connectivity index (χ2v) is 7.40. The lowest BCUT2D eigenvalue weighted by molar-refractivity contribution is -0.133. The molecule has 0 bridgehead atoms. The third-order valence-corrected chi connectivity index (χ3v) is 5.97. The first-order chi connectivity index (χ1) is 10.1. The summed E-state index contributed by atoms with van der Waals surface area (Å²) >= 11 is 6.10. The fraction of sp³-hybridized carbons (Fsp3) is 0.588. The van der Waals surface area contributed by atoms with Gasteiger partial charge in [-0.15, -0.1) is 0 Å². The second-order valence-electron chi connectivity index (χ2n) is 6.97. The number of hydrogen-bond donors (Lipinski definition) is 1. The lowest BCUT2D eigenvalue weighted by atomic mass is 9.94. The number of amides is 1. The molecule has 0 aromatic heterocycles. The monoisotopic (exact) mass is 304 g/mol. The van der Waals surface area contributed by atoms with Crippen molar-refractivity contribution in [3.8, 4) is 0 Å². The molecule has 2 N–H and O–H groups in total. The maximum atomic E-state index is 13.0. The third kappa shape index (κ3) is 2.09. The van der Waals surface area contributed by atoms with Gasteiger partial charge in [-0.3, -0.25) is 4.79 Å². The zero-order valence-corrected chi connectivity index (χ0v) is 12.9. The molecule has 1 aliphatic heterocycles. The molecule has 21 heavy (non-hydrogen) atoms. The van der Waals surface area contributed by atoms with Crippen LogP contribution in [0.15, 0.2) is 24.3 Å². The van der Waals surface area contributed by atoms with Crippen LogP contribution >= 0.6 is 11.6 Å². The highest BCUT2D eigenvalue weighted by molar-refractivity contribution is 6.30. The van der Waals surface area contributed by atoms with Crippen LogP contribution in [0.3, 0.4) is 0 Å². The van der Waals surface area contributed by atoms with Gasteiger partial charge in [0.25, 0.3) is 0 Å². The highest BCUT2D eigenvalue weighted by Gasteiger charge is 2.55. The molecular weight excluding hydrogens is 284 g/mol. The summed E-state index contributed by atoms with van der Waals surface area (Å²) in [5.41, 5.74) is 6.97. The molecule has 0 radical (unpaired) electrons. The molecule has 3 aliphatic rings. The second kappa shape index (κ2) is 4.72. The molecule has 3 atom stereocenters. The normalized spacial score (nSPS) is 33.0. The Balaban J connectivity index is 1.56. The predicted molar refractivity (Wildman–Crippen MR) is 83.1 cm³/mol. The molecule has 4 rings (SSSR count). The largest absolute Gasteiger partial charge is 0.341 e. The van der Waals surface area contributed by atoms with E-state index in [9.17, 15) is 4.79 Å². The van der Waals surface area contributed by atoms with E-state index in [4.69, 9.17) is 17.3 Å². The van der Waals surface area contributed by atoms with Crippen molar-refractivity contribution in [3.63, 3.8) is 0 Å². The van der Waals surface area contributed by atoms with Gasteiger partial charge in [-0.25, -0.2) is 0 Å². The van der Waals surface area contributed by atoms with Crippen LogP contribution in [0.2, 0.25) is 5.02 Å². The molecule has 3 unspecified atom stereocenters. The first kappa shape index (κ1) is 13.6. The zero-order chi connectivity index (χ0) is 14.6. The number of fused-ring (bicyclic) bond motifs is 1. The topological polar surface area (TPSA) is 46.3 Å². The lowest BCUT2D eigenvalue weighted by Gasteiger charge is -2.25. The van der Waals surface area contributed by atoms with Crippen molar-refractivity contribution in [1.82, 2.24) is 4.90 Å². The summed E-state index contributed by atoms with van der Waals surface area (Å²) < 4.78 is 0. The first-order valence-corrected chi connectivity index (χ1v) is 8.29. The van der Waals surface area contributed by atoms with E-state index in [2.05, 4.69) is 4.90 Å².